The smallest absolute Gasteiger partial charge is 0.214 e. The Balaban J connectivity index is 1.41. The first-order chi connectivity index (χ1) is 12.3. The van der Waals surface area contributed by atoms with E-state index in [-0.39, 0.29) is 6.04 Å². The molecule has 0 spiro atoms. The van der Waals surface area contributed by atoms with Gasteiger partial charge in [0.05, 0.1) is 17.9 Å². The highest BCUT2D eigenvalue weighted by atomic mass is 35.5. The average Bonchev–Trinajstić information content (AvgIpc) is 3.00. The van der Waals surface area contributed by atoms with Crippen LogP contribution in [0.5, 0.6) is 0 Å². The number of nitrogens with one attached hydrogen (secondary N) is 1. The van der Waals surface area contributed by atoms with Crippen LogP contribution in [0.3, 0.4) is 0 Å². The van der Waals surface area contributed by atoms with Gasteiger partial charge in [-0.25, -0.2) is 14.5 Å². The molecule has 0 saturated heterocycles. The molecule has 126 valence electrons. The Morgan fingerprint density at radius 2 is 2.08 bits per heavy atom. The molecule has 5 nitrogen and oxygen atoms in total. The van der Waals surface area contributed by atoms with Crippen molar-refractivity contribution < 1.29 is 0 Å². The first-order valence-corrected chi connectivity index (χ1v) is 10.1. The summed E-state index contributed by atoms with van der Waals surface area (Å²) in [4.78, 5) is 10.0. The van der Waals surface area contributed by atoms with Crippen LogP contribution < -0.4 is 5.32 Å². The van der Waals surface area contributed by atoms with Crippen molar-refractivity contribution in [2.45, 2.75) is 18.9 Å². The molecule has 8 heteroatoms. The summed E-state index contributed by atoms with van der Waals surface area (Å²) in [5, 5.41) is 13.0. The Morgan fingerprint density at radius 3 is 2.76 bits per heavy atom. The summed E-state index contributed by atoms with van der Waals surface area (Å²) in [6, 6.07) is 7.95. The minimum Gasteiger partial charge on any atom is -0.351 e. The van der Waals surface area contributed by atoms with Crippen molar-refractivity contribution in [3.8, 4) is 11.3 Å². The molecule has 0 radical (unpaired) electrons. The largest absolute Gasteiger partial charge is 0.351 e. The van der Waals surface area contributed by atoms with Crippen molar-refractivity contribution in [3.05, 3.63) is 52.1 Å². The van der Waals surface area contributed by atoms with Gasteiger partial charge >= 0.3 is 0 Å². The second-order valence-electron chi connectivity index (χ2n) is 6.10. The van der Waals surface area contributed by atoms with Crippen LogP contribution in [0.1, 0.15) is 23.9 Å². The van der Waals surface area contributed by atoms with E-state index in [1.54, 1.807) is 22.7 Å². The zero-order valence-corrected chi connectivity index (χ0v) is 15.5. The van der Waals surface area contributed by atoms with Crippen molar-refractivity contribution >= 4 is 44.4 Å². The highest BCUT2D eigenvalue weighted by Gasteiger charge is 2.34. The van der Waals surface area contributed by atoms with E-state index in [0.717, 1.165) is 31.4 Å². The van der Waals surface area contributed by atoms with Gasteiger partial charge in [0.15, 0.2) is 0 Å². The summed E-state index contributed by atoms with van der Waals surface area (Å²) in [5.74, 6) is 0.659. The summed E-state index contributed by atoms with van der Waals surface area (Å²) in [6.45, 7) is 0. The van der Waals surface area contributed by atoms with Gasteiger partial charge in [-0.05, 0) is 30.9 Å². The highest BCUT2D eigenvalue weighted by molar-refractivity contribution is 7.20. The first kappa shape index (κ1) is 15.3. The first-order valence-electron chi connectivity index (χ1n) is 8.04. The fourth-order valence-corrected chi connectivity index (χ4v) is 4.58. The van der Waals surface area contributed by atoms with E-state index in [2.05, 4.69) is 20.4 Å². The van der Waals surface area contributed by atoms with Crippen molar-refractivity contribution in [1.82, 2.24) is 19.6 Å². The molecule has 1 atom stereocenters. The van der Waals surface area contributed by atoms with Crippen LogP contribution >= 0.6 is 34.3 Å². The Kier molecular flexibility index (Phi) is 3.73. The van der Waals surface area contributed by atoms with Gasteiger partial charge in [0, 0.05) is 22.2 Å². The van der Waals surface area contributed by atoms with E-state index < -0.39 is 0 Å². The summed E-state index contributed by atoms with van der Waals surface area (Å²) in [7, 11) is 0. The lowest BCUT2D eigenvalue weighted by Gasteiger charge is -2.14. The molecule has 1 fully saturated rings. The minimum absolute atomic E-state index is 0.256. The molecule has 1 N–H and O–H groups in total. The van der Waals surface area contributed by atoms with Gasteiger partial charge in [0.2, 0.25) is 10.1 Å². The molecular weight excluding hydrogens is 374 g/mol. The average molecular weight is 388 g/mol. The summed E-state index contributed by atoms with van der Waals surface area (Å²) >= 11 is 9.22. The molecule has 4 aromatic rings. The number of hydrogen-bond acceptors (Lipinski definition) is 6. The van der Waals surface area contributed by atoms with Crippen LogP contribution in [0.4, 0.5) is 5.13 Å². The van der Waals surface area contributed by atoms with Crippen molar-refractivity contribution in [3.63, 3.8) is 0 Å². The number of imidazole rings is 1. The number of aromatic nitrogens is 4. The Bertz CT molecular complexity index is 970. The second-order valence-corrected chi connectivity index (χ2v) is 8.42. The normalized spacial score (nSPS) is 15.6. The molecule has 1 aromatic carbocycles. The highest BCUT2D eigenvalue weighted by Crippen LogP contribution is 2.43. The monoisotopic (exact) mass is 387 g/mol. The van der Waals surface area contributed by atoms with Gasteiger partial charge in [-0.1, -0.05) is 35.1 Å². The van der Waals surface area contributed by atoms with E-state index >= 15 is 0 Å². The van der Waals surface area contributed by atoms with Crippen LogP contribution in [-0.2, 0) is 0 Å². The Hall–Kier alpha value is -1.96. The Labute approximate surface area is 157 Å². The minimum atomic E-state index is 0.256. The maximum absolute atomic E-state index is 5.95. The number of rotatable bonds is 5. The molecule has 25 heavy (non-hydrogen) atoms. The standard InChI is InChI=1S/C17H14ClN5S2/c18-12-5-3-10(4-6-12)13-9-23-17(20-13)25-16(22-23)21-14(11-1-2-11)15-19-7-8-24-15/h3-9,11,14H,1-2H2,(H,21,22). The van der Waals surface area contributed by atoms with Crippen LogP contribution in [0.25, 0.3) is 16.2 Å². The molecule has 0 amide bonds. The fourth-order valence-electron chi connectivity index (χ4n) is 2.85. The number of fused-ring (bicyclic) bond motifs is 1. The number of hydrogen-bond donors (Lipinski definition) is 1. The van der Waals surface area contributed by atoms with E-state index in [1.807, 2.05) is 46.6 Å². The molecule has 1 aliphatic carbocycles. The third-order valence-corrected chi connectivity index (χ3v) is 6.24. The predicted molar refractivity (Wildman–Crippen MR) is 103 cm³/mol. The third kappa shape index (κ3) is 3.03. The van der Waals surface area contributed by atoms with Gasteiger partial charge < -0.3 is 5.32 Å². The van der Waals surface area contributed by atoms with Crippen LogP contribution in [0.15, 0.2) is 42.0 Å². The van der Waals surface area contributed by atoms with Crippen molar-refractivity contribution in [2.75, 3.05) is 5.32 Å². The lowest BCUT2D eigenvalue weighted by Crippen LogP contribution is -2.12. The Morgan fingerprint density at radius 1 is 1.24 bits per heavy atom. The number of thiazole rings is 1. The third-order valence-electron chi connectivity index (χ3n) is 4.27. The maximum atomic E-state index is 5.95. The van der Waals surface area contributed by atoms with Gasteiger partial charge in [0.1, 0.15) is 5.01 Å². The van der Waals surface area contributed by atoms with E-state index in [9.17, 15) is 0 Å². The van der Waals surface area contributed by atoms with E-state index in [1.165, 1.54) is 12.8 Å². The van der Waals surface area contributed by atoms with Gasteiger partial charge in [-0.15, -0.1) is 16.4 Å². The lowest BCUT2D eigenvalue weighted by atomic mass is 10.2. The van der Waals surface area contributed by atoms with E-state index in [0.29, 0.717) is 5.92 Å². The summed E-state index contributed by atoms with van der Waals surface area (Å²) in [6.07, 6.45) is 6.32. The molecule has 1 aliphatic rings. The zero-order valence-electron chi connectivity index (χ0n) is 13.1. The predicted octanol–water partition coefficient (Wildman–Crippen LogP) is 5.13. The molecule has 3 aromatic heterocycles. The summed E-state index contributed by atoms with van der Waals surface area (Å²) < 4.78 is 1.84. The van der Waals surface area contributed by atoms with Crippen LogP contribution in [-0.4, -0.2) is 19.6 Å². The quantitative estimate of drug-likeness (QED) is 0.515. The van der Waals surface area contributed by atoms with Gasteiger partial charge in [-0.2, -0.15) is 0 Å². The SMILES string of the molecule is Clc1ccc(-c2cn3nc(NC(c4nccs4)C4CC4)sc3n2)cc1. The fraction of sp³-hybridized carbons (Fsp3) is 0.235. The van der Waals surface area contributed by atoms with Crippen LogP contribution in [0.2, 0.25) is 5.02 Å². The van der Waals surface area contributed by atoms with Gasteiger partial charge in [-0.3, -0.25) is 0 Å². The van der Waals surface area contributed by atoms with E-state index in [4.69, 9.17) is 11.6 Å². The number of halogens is 1. The number of nitrogens with zero attached hydrogens (tertiary/aromatic N) is 4. The number of benzene rings is 1. The molecule has 5 rings (SSSR count). The van der Waals surface area contributed by atoms with Crippen LogP contribution in [0, 0.1) is 5.92 Å². The van der Waals surface area contributed by atoms with Crippen molar-refractivity contribution in [1.29, 1.82) is 0 Å². The molecule has 1 saturated carbocycles. The topological polar surface area (TPSA) is 55.1 Å². The molecule has 0 bridgehead atoms. The molecule has 0 aliphatic heterocycles. The summed E-state index contributed by atoms with van der Waals surface area (Å²) in [5.41, 5.74) is 1.94. The lowest BCUT2D eigenvalue weighted by molar-refractivity contribution is 0.670. The van der Waals surface area contributed by atoms with Gasteiger partial charge in [0.25, 0.3) is 0 Å². The molecular formula is C17H14ClN5S2. The zero-order chi connectivity index (χ0) is 16.8. The van der Waals surface area contributed by atoms with Crippen molar-refractivity contribution in [2.24, 2.45) is 5.92 Å². The second kappa shape index (κ2) is 6.09. The number of anilines is 1. The molecule has 1 unspecified atom stereocenters. The maximum Gasteiger partial charge on any atom is 0.214 e. The molecule has 3 heterocycles.